The number of nitrogens with one attached hydrogen (secondary N) is 1. The molecule has 1 heterocycles. The minimum atomic E-state index is -0.0873. The lowest BCUT2D eigenvalue weighted by Crippen LogP contribution is -2.17. The lowest BCUT2D eigenvalue weighted by Gasteiger charge is -2.05. The molecule has 1 N–H and O–H groups in total. The maximum absolute atomic E-state index is 12.8. The molecule has 4 nitrogen and oxygen atoms in total. The summed E-state index contributed by atoms with van der Waals surface area (Å²) in [6.45, 7) is 10.0. The van der Waals surface area contributed by atoms with E-state index in [0.29, 0.717) is 5.56 Å². The van der Waals surface area contributed by atoms with Crippen LogP contribution in [-0.2, 0) is 0 Å². The first-order valence-corrected chi connectivity index (χ1v) is 8.38. The zero-order valence-electron chi connectivity index (χ0n) is 15.3. The number of hydrogen-bond acceptors (Lipinski definition) is 2. The first-order valence-electron chi connectivity index (χ1n) is 8.38. The van der Waals surface area contributed by atoms with Crippen LogP contribution in [0.1, 0.15) is 33.5 Å². The number of para-hydroxylation sites is 1. The van der Waals surface area contributed by atoms with Crippen molar-refractivity contribution in [3.05, 3.63) is 80.3 Å². The highest BCUT2D eigenvalue weighted by Gasteiger charge is 2.11. The van der Waals surface area contributed by atoms with E-state index in [1.807, 2.05) is 64.1 Å². The van der Waals surface area contributed by atoms with Crippen LogP contribution in [0, 0.1) is 34.6 Å². The fourth-order valence-electron chi connectivity index (χ4n) is 2.90. The van der Waals surface area contributed by atoms with E-state index in [9.17, 15) is 4.79 Å². The molecule has 0 atom stereocenters. The van der Waals surface area contributed by atoms with E-state index < -0.39 is 0 Å². The van der Waals surface area contributed by atoms with Crippen LogP contribution in [0.4, 0.5) is 5.69 Å². The molecule has 4 heteroatoms. The van der Waals surface area contributed by atoms with Gasteiger partial charge in [0.25, 0.3) is 5.56 Å². The van der Waals surface area contributed by atoms with Crippen molar-refractivity contribution < 1.29 is 0 Å². The molecule has 3 rings (SSSR count). The van der Waals surface area contributed by atoms with Crippen molar-refractivity contribution in [1.29, 1.82) is 0 Å². The second kappa shape index (κ2) is 6.55. The highest BCUT2D eigenvalue weighted by Crippen LogP contribution is 2.22. The molecular formula is C21H23N3O. The maximum atomic E-state index is 12.8. The summed E-state index contributed by atoms with van der Waals surface area (Å²) >= 11 is 0. The predicted octanol–water partition coefficient (Wildman–Crippen LogP) is 4.46. The van der Waals surface area contributed by atoms with Crippen molar-refractivity contribution in [2.75, 3.05) is 0 Å². The van der Waals surface area contributed by atoms with Crippen LogP contribution < -0.4 is 5.56 Å². The van der Waals surface area contributed by atoms with E-state index >= 15 is 0 Å². The van der Waals surface area contributed by atoms with Gasteiger partial charge >= 0.3 is 0 Å². The van der Waals surface area contributed by atoms with E-state index in [1.165, 1.54) is 5.56 Å². The number of hydrogen-bond donors (Lipinski definition) is 1. The largest absolute Gasteiger partial charge is 0.295 e. The van der Waals surface area contributed by atoms with E-state index in [0.717, 1.165) is 33.8 Å². The molecule has 0 fully saturated rings. The molecule has 0 radical (unpaired) electrons. The summed E-state index contributed by atoms with van der Waals surface area (Å²) in [7, 11) is 0. The third-order valence-electron chi connectivity index (χ3n) is 4.63. The van der Waals surface area contributed by atoms with Gasteiger partial charge in [0.2, 0.25) is 0 Å². The first-order chi connectivity index (χ1) is 11.9. The standard InChI is InChI=1S/C21H23N3O/c1-13-9-10-18(11-16(13)4)24-21(25)19(17(5)23-24)12-22-20-14(2)7-6-8-15(20)3/h6-12,23H,1-5H3. The normalized spacial score (nSPS) is 11.4. The topological polar surface area (TPSA) is 50.1 Å². The Kier molecular flexibility index (Phi) is 4.45. The highest BCUT2D eigenvalue weighted by molar-refractivity contribution is 5.83. The van der Waals surface area contributed by atoms with Crippen LogP contribution in [0.3, 0.4) is 0 Å². The molecular weight excluding hydrogens is 310 g/mol. The van der Waals surface area contributed by atoms with E-state index in [4.69, 9.17) is 0 Å². The number of H-pyrrole nitrogens is 1. The van der Waals surface area contributed by atoms with Crippen LogP contribution in [-0.4, -0.2) is 16.0 Å². The summed E-state index contributed by atoms with van der Waals surface area (Å²) in [5.74, 6) is 0. The molecule has 128 valence electrons. The quantitative estimate of drug-likeness (QED) is 0.707. The first kappa shape index (κ1) is 17.0. The molecule has 1 aromatic heterocycles. The van der Waals surface area contributed by atoms with Gasteiger partial charge in [-0.1, -0.05) is 24.3 Å². The SMILES string of the molecule is Cc1ccc(-n2[nH]c(C)c(C=Nc3c(C)cccc3C)c2=O)cc1C. The Bertz CT molecular complexity index is 1000. The molecule has 0 aliphatic carbocycles. The van der Waals surface area contributed by atoms with Crippen molar-refractivity contribution in [3.8, 4) is 5.69 Å². The third kappa shape index (κ3) is 3.20. The van der Waals surface area contributed by atoms with Crippen LogP contribution in [0.25, 0.3) is 5.69 Å². The van der Waals surface area contributed by atoms with Gasteiger partial charge in [-0.25, -0.2) is 4.68 Å². The summed E-state index contributed by atoms with van der Waals surface area (Å²) in [4.78, 5) is 17.4. The number of aryl methyl sites for hydroxylation is 5. The number of aromatic amines is 1. The number of benzene rings is 2. The smallest absolute Gasteiger partial charge is 0.280 e. The molecule has 0 saturated heterocycles. The molecule has 0 spiro atoms. The maximum Gasteiger partial charge on any atom is 0.280 e. The Morgan fingerprint density at radius 2 is 1.60 bits per heavy atom. The number of aliphatic imine (C=N–C) groups is 1. The van der Waals surface area contributed by atoms with E-state index in [-0.39, 0.29) is 5.56 Å². The number of nitrogens with zero attached hydrogens (tertiary/aromatic N) is 2. The Balaban J connectivity index is 2.05. The van der Waals surface area contributed by atoms with Gasteiger partial charge in [0.1, 0.15) is 0 Å². The number of aromatic nitrogens is 2. The fraction of sp³-hybridized carbons (Fsp3) is 0.238. The number of rotatable bonds is 3. The lowest BCUT2D eigenvalue weighted by atomic mass is 10.1. The van der Waals surface area contributed by atoms with Crippen molar-refractivity contribution in [2.24, 2.45) is 4.99 Å². The molecule has 0 saturated carbocycles. The monoisotopic (exact) mass is 333 g/mol. The van der Waals surface area contributed by atoms with Crippen LogP contribution in [0.5, 0.6) is 0 Å². The molecule has 0 unspecified atom stereocenters. The minimum Gasteiger partial charge on any atom is -0.295 e. The summed E-state index contributed by atoms with van der Waals surface area (Å²) in [6, 6.07) is 12.1. The van der Waals surface area contributed by atoms with Gasteiger partial charge < -0.3 is 0 Å². The third-order valence-corrected chi connectivity index (χ3v) is 4.63. The summed E-state index contributed by atoms with van der Waals surface area (Å²) < 4.78 is 1.58. The van der Waals surface area contributed by atoms with Crippen LogP contribution in [0.15, 0.2) is 46.2 Å². The molecule has 0 bridgehead atoms. The van der Waals surface area contributed by atoms with Gasteiger partial charge in [-0.3, -0.25) is 14.9 Å². The Labute approximate surface area is 147 Å². The van der Waals surface area contributed by atoms with Crippen LogP contribution >= 0.6 is 0 Å². The predicted molar refractivity (Wildman–Crippen MR) is 104 cm³/mol. The van der Waals surface area contributed by atoms with Gasteiger partial charge in [-0.2, -0.15) is 0 Å². The zero-order chi connectivity index (χ0) is 18.1. The molecule has 0 amide bonds. The molecule has 25 heavy (non-hydrogen) atoms. The van der Waals surface area contributed by atoms with Gasteiger partial charge in [-0.05, 0) is 69.0 Å². The van der Waals surface area contributed by atoms with Crippen molar-refractivity contribution in [2.45, 2.75) is 34.6 Å². The minimum absolute atomic E-state index is 0.0873. The van der Waals surface area contributed by atoms with Gasteiger partial charge in [0.05, 0.1) is 16.9 Å². The second-order valence-electron chi connectivity index (χ2n) is 6.56. The Morgan fingerprint density at radius 1 is 0.920 bits per heavy atom. The fourth-order valence-corrected chi connectivity index (χ4v) is 2.90. The summed E-state index contributed by atoms with van der Waals surface area (Å²) in [6.07, 6.45) is 1.67. The molecule has 0 aliphatic heterocycles. The van der Waals surface area contributed by atoms with Gasteiger partial charge in [0, 0.05) is 11.9 Å². The summed E-state index contributed by atoms with van der Waals surface area (Å²) in [5.41, 5.74) is 7.61. The van der Waals surface area contributed by atoms with E-state index in [1.54, 1.807) is 10.9 Å². The van der Waals surface area contributed by atoms with Crippen molar-refractivity contribution in [1.82, 2.24) is 9.78 Å². The highest BCUT2D eigenvalue weighted by atomic mass is 16.1. The summed E-state index contributed by atoms with van der Waals surface area (Å²) in [5, 5.41) is 3.15. The van der Waals surface area contributed by atoms with E-state index in [2.05, 4.69) is 17.0 Å². The van der Waals surface area contributed by atoms with Gasteiger partial charge in [0.15, 0.2) is 0 Å². The average Bonchev–Trinajstić information content (AvgIpc) is 2.85. The van der Waals surface area contributed by atoms with Crippen LogP contribution in [0.2, 0.25) is 0 Å². The Morgan fingerprint density at radius 3 is 2.24 bits per heavy atom. The average molecular weight is 333 g/mol. The van der Waals surface area contributed by atoms with Crippen molar-refractivity contribution >= 4 is 11.9 Å². The van der Waals surface area contributed by atoms with Crippen molar-refractivity contribution in [3.63, 3.8) is 0 Å². The molecule has 0 aliphatic rings. The Hall–Kier alpha value is -2.88. The molecule has 3 aromatic rings. The molecule has 2 aromatic carbocycles. The zero-order valence-corrected chi connectivity index (χ0v) is 15.3. The van der Waals surface area contributed by atoms with Gasteiger partial charge in [-0.15, -0.1) is 0 Å². The lowest BCUT2D eigenvalue weighted by molar-refractivity contribution is 0.833. The second-order valence-corrected chi connectivity index (χ2v) is 6.56.